The Balaban J connectivity index is 0.000000360. The predicted octanol–water partition coefficient (Wildman–Crippen LogP) is 6.31. The zero-order chi connectivity index (χ0) is 27.6. The molecule has 2 rings (SSSR count). The summed E-state index contributed by atoms with van der Waals surface area (Å²) in [4.78, 5) is 0. The summed E-state index contributed by atoms with van der Waals surface area (Å²) in [6.07, 6.45) is 0. The Bertz CT molecular complexity index is 644. The Labute approximate surface area is 238 Å². The molecule has 8 nitrogen and oxygen atoms in total. The lowest BCUT2D eigenvalue weighted by molar-refractivity contribution is 0.113. The summed E-state index contributed by atoms with van der Waals surface area (Å²) >= 11 is 22.9. The second-order valence-corrected chi connectivity index (χ2v) is 17.0. The van der Waals surface area contributed by atoms with Gasteiger partial charge in [-0.1, -0.05) is 41.5 Å². The lowest BCUT2D eigenvalue weighted by atomic mass is 9.81. The van der Waals surface area contributed by atoms with Gasteiger partial charge in [-0.05, 0) is 10.8 Å². The maximum Gasteiger partial charge on any atom is 0.343 e. The second-order valence-electron chi connectivity index (χ2n) is 11.1. The van der Waals surface area contributed by atoms with Crippen LogP contribution in [-0.4, -0.2) is 85.3 Å². The highest BCUT2D eigenvalue weighted by Crippen LogP contribution is 2.51. The third-order valence-corrected chi connectivity index (χ3v) is 11.7. The molecule has 0 aromatic heterocycles. The van der Waals surface area contributed by atoms with Gasteiger partial charge in [0.05, 0.1) is 13.2 Å². The number of halogens is 4. The molecule has 2 N–H and O–H groups in total. The first-order valence-electron chi connectivity index (χ1n) is 12.4. The maximum absolute atomic E-state index is 12.7. The zero-order valence-electron chi connectivity index (χ0n) is 22.6. The van der Waals surface area contributed by atoms with E-state index in [1.807, 2.05) is 0 Å². The van der Waals surface area contributed by atoms with Crippen molar-refractivity contribution in [2.45, 2.75) is 41.5 Å². The first-order chi connectivity index (χ1) is 16.7. The molecule has 14 heteroatoms. The largest absolute Gasteiger partial charge is 0.343 e. The third kappa shape index (κ3) is 11.1. The van der Waals surface area contributed by atoms with Gasteiger partial charge in [0.2, 0.25) is 0 Å². The molecule has 2 fully saturated rings. The Morgan fingerprint density at radius 1 is 0.667 bits per heavy atom. The molecule has 4 unspecified atom stereocenters. The maximum atomic E-state index is 12.7. The van der Waals surface area contributed by atoms with Crippen LogP contribution < -0.4 is 10.2 Å². The number of nitrogens with zero attached hydrogens (tertiary/aromatic N) is 2. The van der Waals surface area contributed by atoms with E-state index in [0.717, 1.165) is 0 Å². The van der Waals surface area contributed by atoms with Gasteiger partial charge in [-0.25, -0.2) is 19.5 Å². The molecule has 0 aromatic rings. The van der Waals surface area contributed by atoms with Crippen LogP contribution >= 0.6 is 61.7 Å². The molecule has 0 aliphatic carbocycles. The Kier molecular flexibility index (Phi) is 15.7. The van der Waals surface area contributed by atoms with E-state index in [0.29, 0.717) is 87.8 Å². The van der Waals surface area contributed by atoms with E-state index in [9.17, 15) is 9.13 Å². The van der Waals surface area contributed by atoms with Gasteiger partial charge in [-0.3, -0.25) is 9.13 Å². The van der Waals surface area contributed by atoms with E-state index in [1.54, 1.807) is 9.34 Å². The Morgan fingerprint density at radius 2 is 0.944 bits per heavy atom. The number of hydrogen-bond acceptors (Lipinski definition) is 4. The Hall–Kier alpha value is 1.38. The van der Waals surface area contributed by atoms with Crippen LogP contribution in [0.4, 0.5) is 0 Å². The van der Waals surface area contributed by atoms with Crippen molar-refractivity contribution < 1.29 is 18.2 Å². The molecule has 36 heavy (non-hydrogen) atoms. The van der Waals surface area contributed by atoms with Crippen molar-refractivity contribution in [1.29, 1.82) is 0 Å². The summed E-state index contributed by atoms with van der Waals surface area (Å²) in [6.45, 7) is 17.4. The summed E-state index contributed by atoms with van der Waals surface area (Å²) < 4.78 is 40.0. The highest BCUT2D eigenvalue weighted by Gasteiger charge is 2.40. The quantitative estimate of drug-likeness (QED) is 0.214. The minimum absolute atomic E-state index is 0.141. The van der Waals surface area contributed by atoms with Gasteiger partial charge in [0.1, 0.15) is 0 Å². The van der Waals surface area contributed by atoms with Gasteiger partial charge in [0.25, 0.3) is 0 Å². The smallest absolute Gasteiger partial charge is 0.306 e. The van der Waals surface area contributed by atoms with E-state index in [4.69, 9.17) is 55.5 Å². The standard InChI is InChI=1S/2C11H23Cl2N2O2P/c2*1-11(2,3)10-8-14-18(16,17-9-10)15(6-4-12)7-5-13/h2*10H,4-9H2,1-3H3,(H,14,16). The van der Waals surface area contributed by atoms with E-state index in [2.05, 4.69) is 51.7 Å². The van der Waals surface area contributed by atoms with E-state index < -0.39 is 15.3 Å². The predicted molar refractivity (Wildman–Crippen MR) is 155 cm³/mol. The second kappa shape index (κ2) is 16.0. The molecule has 2 saturated heterocycles. The normalized spacial score (nSPS) is 29.8. The minimum Gasteiger partial charge on any atom is -0.306 e. The first-order valence-corrected chi connectivity index (χ1v) is 17.7. The molecule has 0 amide bonds. The molecule has 0 aromatic carbocycles. The molecule has 216 valence electrons. The van der Waals surface area contributed by atoms with Crippen LogP contribution in [0.3, 0.4) is 0 Å². The molecule has 4 atom stereocenters. The van der Waals surface area contributed by atoms with Crippen LogP contribution in [-0.2, 0) is 18.2 Å². The number of rotatable bonds is 10. The fraction of sp³-hybridized carbons (Fsp3) is 1.00. The van der Waals surface area contributed by atoms with Crippen molar-refractivity contribution in [3.63, 3.8) is 0 Å². The summed E-state index contributed by atoms with van der Waals surface area (Å²) in [6, 6.07) is 0. The van der Waals surface area contributed by atoms with Gasteiger partial charge in [0.15, 0.2) is 0 Å². The number of nitrogens with one attached hydrogen (secondary N) is 2. The minimum atomic E-state index is -2.95. The van der Waals surface area contributed by atoms with Crippen molar-refractivity contribution in [3.8, 4) is 0 Å². The molecule has 0 saturated carbocycles. The highest BCUT2D eigenvalue weighted by atomic mass is 35.5. The summed E-state index contributed by atoms with van der Waals surface area (Å²) in [5, 5.41) is 6.13. The van der Waals surface area contributed by atoms with Crippen molar-refractivity contribution in [2.75, 3.05) is 76.0 Å². The molecule has 0 radical (unpaired) electrons. The van der Waals surface area contributed by atoms with Gasteiger partial charge in [-0.15, -0.1) is 46.4 Å². The Morgan fingerprint density at radius 3 is 1.11 bits per heavy atom. The van der Waals surface area contributed by atoms with Crippen LogP contribution in [0.1, 0.15) is 41.5 Å². The van der Waals surface area contributed by atoms with Gasteiger partial charge in [0, 0.05) is 74.6 Å². The number of hydrogen-bond donors (Lipinski definition) is 2. The fourth-order valence-electron chi connectivity index (χ4n) is 3.66. The van der Waals surface area contributed by atoms with Crippen LogP contribution in [0.15, 0.2) is 0 Å². The van der Waals surface area contributed by atoms with E-state index in [1.165, 1.54) is 0 Å². The topological polar surface area (TPSA) is 83.1 Å². The van der Waals surface area contributed by atoms with Crippen molar-refractivity contribution in [1.82, 2.24) is 19.5 Å². The first kappa shape index (κ1) is 35.4. The monoisotopic (exact) mass is 632 g/mol. The van der Waals surface area contributed by atoms with Crippen LogP contribution in [0, 0.1) is 22.7 Å². The van der Waals surface area contributed by atoms with Crippen LogP contribution in [0.2, 0.25) is 0 Å². The van der Waals surface area contributed by atoms with E-state index in [-0.39, 0.29) is 10.8 Å². The van der Waals surface area contributed by atoms with Crippen LogP contribution in [0.5, 0.6) is 0 Å². The molecule has 2 aliphatic rings. The number of alkyl halides is 4. The molecule has 0 spiro atoms. The van der Waals surface area contributed by atoms with Gasteiger partial charge >= 0.3 is 15.3 Å². The lowest BCUT2D eigenvalue weighted by Crippen LogP contribution is -2.43. The third-order valence-electron chi connectivity index (χ3n) is 6.54. The summed E-state index contributed by atoms with van der Waals surface area (Å²) in [7, 11) is -5.90. The molecule has 2 heterocycles. The van der Waals surface area contributed by atoms with E-state index >= 15 is 0 Å². The lowest BCUT2D eigenvalue weighted by Gasteiger charge is -2.40. The van der Waals surface area contributed by atoms with Crippen molar-refractivity contribution in [2.24, 2.45) is 22.7 Å². The van der Waals surface area contributed by atoms with Gasteiger partial charge < -0.3 is 9.05 Å². The molecule has 0 bridgehead atoms. The molecular formula is C22H46Cl4N4O4P2. The average Bonchev–Trinajstić information content (AvgIpc) is 2.78. The highest BCUT2D eigenvalue weighted by molar-refractivity contribution is 7.54. The van der Waals surface area contributed by atoms with Crippen LogP contribution in [0.25, 0.3) is 0 Å². The summed E-state index contributed by atoms with van der Waals surface area (Å²) in [5.41, 5.74) is 0.282. The SMILES string of the molecule is CC(C)(C)C1CNP(=O)(N(CCCl)CCCl)OC1.CC(C)(C)C1CNP(=O)(N(CCCl)CCCl)OC1. The van der Waals surface area contributed by atoms with Gasteiger partial charge in [-0.2, -0.15) is 0 Å². The molecule has 2 aliphatic heterocycles. The molecular weight excluding hydrogens is 588 g/mol. The average molecular weight is 634 g/mol. The van der Waals surface area contributed by atoms with Crippen molar-refractivity contribution in [3.05, 3.63) is 0 Å². The summed E-state index contributed by atoms with van der Waals surface area (Å²) in [5.74, 6) is 2.36. The zero-order valence-corrected chi connectivity index (χ0v) is 27.4. The fourth-order valence-corrected chi connectivity index (χ4v) is 8.97. The van der Waals surface area contributed by atoms with Crippen molar-refractivity contribution >= 4 is 61.7 Å².